The Kier molecular flexibility index (Phi) is 8.08. The molecule has 0 saturated carbocycles. The Balaban J connectivity index is 0.00000300. The van der Waals surface area contributed by atoms with E-state index in [1.807, 2.05) is 11.8 Å². The second-order valence-corrected chi connectivity index (χ2v) is 7.13. The Morgan fingerprint density at radius 3 is 2.52 bits per heavy atom. The van der Waals surface area contributed by atoms with Crippen molar-refractivity contribution in [1.29, 1.82) is 0 Å². The minimum atomic E-state index is -4.48. The quantitative estimate of drug-likeness (QED) is 0.362. The summed E-state index contributed by atoms with van der Waals surface area (Å²) < 4.78 is 44.8. The molecule has 1 N–H and O–H groups in total. The molecule has 1 aliphatic heterocycles. The van der Waals surface area contributed by atoms with Crippen LogP contribution < -0.4 is 10.2 Å². The summed E-state index contributed by atoms with van der Waals surface area (Å²) in [5.41, 5.74) is -0.776. The van der Waals surface area contributed by atoms with Gasteiger partial charge in [-0.1, -0.05) is 6.92 Å². The van der Waals surface area contributed by atoms with Crippen LogP contribution >= 0.6 is 35.5 Å². The summed E-state index contributed by atoms with van der Waals surface area (Å²) >= 11 is 1.39. The first kappa shape index (κ1) is 23.6. The number of halogens is 4. The molecule has 0 radical (unpaired) electrons. The zero-order valence-electron chi connectivity index (χ0n) is 16.4. The van der Waals surface area contributed by atoms with Gasteiger partial charge in [-0.25, -0.2) is 4.98 Å². The van der Waals surface area contributed by atoms with Gasteiger partial charge in [-0.05, 0) is 0 Å². The van der Waals surface area contributed by atoms with Crippen LogP contribution in [-0.2, 0) is 26.2 Å². The van der Waals surface area contributed by atoms with Crippen molar-refractivity contribution in [2.45, 2.75) is 26.1 Å². The number of nitrogens with one attached hydrogen (secondary N) is 1. The maximum absolute atomic E-state index is 13.1. The molecule has 13 heteroatoms. The molecule has 2 aromatic heterocycles. The van der Waals surface area contributed by atoms with Crippen LogP contribution in [0.15, 0.2) is 11.2 Å². The third-order valence-electron chi connectivity index (χ3n) is 4.45. The van der Waals surface area contributed by atoms with E-state index in [1.54, 1.807) is 7.05 Å². The van der Waals surface area contributed by atoms with E-state index in [-0.39, 0.29) is 36.1 Å². The highest BCUT2D eigenvalue weighted by Crippen LogP contribution is 2.30. The molecule has 29 heavy (non-hydrogen) atoms. The van der Waals surface area contributed by atoms with Crippen LogP contribution in [0.4, 0.5) is 18.3 Å². The number of nitrogens with zero attached hydrogens (tertiary/aromatic N) is 7. The van der Waals surface area contributed by atoms with Gasteiger partial charge in [-0.15, -0.1) is 24.0 Å². The maximum Gasteiger partial charge on any atom is 0.435 e. The van der Waals surface area contributed by atoms with Gasteiger partial charge < -0.3 is 15.1 Å². The molecule has 8 nitrogen and oxygen atoms in total. The van der Waals surface area contributed by atoms with Gasteiger partial charge in [0.2, 0.25) is 5.13 Å². The van der Waals surface area contributed by atoms with Gasteiger partial charge in [0.25, 0.3) is 0 Å². The summed E-state index contributed by atoms with van der Waals surface area (Å²) in [6, 6.07) is 0. The zero-order chi connectivity index (χ0) is 20.3. The Hall–Kier alpha value is -1.64. The minimum Gasteiger partial charge on any atom is -0.352 e. The van der Waals surface area contributed by atoms with Crippen molar-refractivity contribution in [3.05, 3.63) is 23.3 Å². The monoisotopic (exact) mass is 544 g/mol. The maximum atomic E-state index is 13.1. The van der Waals surface area contributed by atoms with Gasteiger partial charge >= 0.3 is 6.18 Å². The molecule has 2 aromatic rings. The van der Waals surface area contributed by atoms with E-state index in [1.165, 1.54) is 29.5 Å². The van der Waals surface area contributed by atoms with Crippen LogP contribution in [0.5, 0.6) is 0 Å². The molecule has 0 unspecified atom stereocenters. The van der Waals surface area contributed by atoms with E-state index >= 15 is 0 Å². The molecule has 0 aromatic carbocycles. The number of guanidine groups is 1. The number of alkyl halides is 3. The Morgan fingerprint density at radius 1 is 1.28 bits per heavy atom. The molecule has 0 spiro atoms. The fourth-order valence-electron chi connectivity index (χ4n) is 3.04. The lowest BCUT2D eigenvalue weighted by Crippen LogP contribution is -2.52. The molecule has 162 valence electrons. The van der Waals surface area contributed by atoms with Crippen molar-refractivity contribution >= 4 is 46.6 Å². The number of hydrogen-bond acceptors (Lipinski definition) is 6. The third kappa shape index (κ3) is 5.71. The van der Waals surface area contributed by atoms with Crippen LogP contribution in [0.3, 0.4) is 0 Å². The van der Waals surface area contributed by atoms with Crippen LogP contribution in [0.25, 0.3) is 0 Å². The van der Waals surface area contributed by atoms with Gasteiger partial charge in [0.15, 0.2) is 11.7 Å². The van der Waals surface area contributed by atoms with Gasteiger partial charge in [-0.2, -0.15) is 22.6 Å². The summed E-state index contributed by atoms with van der Waals surface area (Å²) in [5, 5.41) is 7.47. The number of rotatable bonds is 4. The molecule has 0 aliphatic carbocycles. The van der Waals surface area contributed by atoms with E-state index < -0.39 is 11.9 Å². The standard InChI is InChI=1S/C16H23F3N8S.HI/c1-4-12-22-15(28-24-12)27-7-5-26(6-8-27)14(20-2)21-9-11-10-25(3)23-13(11)16(17,18)19;/h10H,4-9H2,1-3H3,(H,20,21);1H. The van der Waals surface area contributed by atoms with E-state index in [9.17, 15) is 13.2 Å². The van der Waals surface area contributed by atoms with E-state index in [0.717, 1.165) is 30.5 Å². The predicted molar refractivity (Wildman–Crippen MR) is 117 cm³/mol. The minimum absolute atomic E-state index is 0. The van der Waals surface area contributed by atoms with Gasteiger partial charge in [0, 0.05) is 76.5 Å². The highest BCUT2D eigenvalue weighted by atomic mass is 127. The van der Waals surface area contributed by atoms with Gasteiger partial charge in [0.1, 0.15) is 5.82 Å². The van der Waals surface area contributed by atoms with Crippen molar-refractivity contribution in [3.8, 4) is 0 Å². The summed E-state index contributed by atoms with van der Waals surface area (Å²) in [4.78, 5) is 12.9. The lowest BCUT2D eigenvalue weighted by molar-refractivity contribution is -0.142. The predicted octanol–water partition coefficient (Wildman–Crippen LogP) is 2.37. The molecule has 0 amide bonds. The van der Waals surface area contributed by atoms with Crippen molar-refractivity contribution in [1.82, 2.24) is 29.4 Å². The molecule has 3 heterocycles. The highest BCUT2D eigenvalue weighted by molar-refractivity contribution is 14.0. The van der Waals surface area contributed by atoms with E-state index in [2.05, 4.69) is 29.7 Å². The van der Waals surface area contributed by atoms with Crippen molar-refractivity contribution in [2.24, 2.45) is 12.0 Å². The average molecular weight is 544 g/mol. The summed E-state index contributed by atoms with van der Waals surface area (Å²) in [6.07, 6.45) is -2.30. The van der Waals surface area contributed by atoms with E-state index in [0.29, 0.717) is 19.0 Å². The first-order valence-electron chi connectivity index (χ1n) is 8.94. The normalized spacial score (nSPS) is 15.4. The molecular formula is C16H24F3IN8S. The van der Waals surface area contributed by atoms with Crippen LogP contribution in [0, 0.1) is 0 Å². The summed E-state index contributed by atoms with van der Waals surface area (Å²) in [5.74, 6) is 1.42. The van der Waals surface area contributed by atoms with Crippen LogP contribution in [-0.4, -0.2) is 63.2 Å². The molecule has 1 saturated heterocycles. The SMILES string of the molecule is CCc1nsc(N2CCN(C(=NC)NCc3cn(C)nc3C(F)(F)F)CC2)n1.I. The first-order valence-corrected chi connectivity index (χ1v) is 9.72. The summed E-state index contributed by atoms with van der Waals surface area (Å²) in [6.45, 7) is 4.91. The number of aromatic nitrogens is 4. The first-order chi connectivity index (χ1) is 13.3. The lowest BCUT2D eigenvalue weighted by atomic mass is 10.2. The average Bonchev–Trinajstić information content (AvgIpc) is 3.29. The smallest absolute Gasteiger partial charge is 0.352 e. The van der Waals surface area contributed by atoms with Crippen molar-refractivity contribution in [2.75, 3.05) is 38.1 Å². The summed E-state index contributed by atoms with van der Waals surface area (Å²) in [7, 11) is 3.10. The Morgan fingerprint density at radius 2 is 1.97 bits per heavy atom. The van der Waals surface area contributed by atoms with E-state index in [4.69, 9.17) is 0 Å². The molecule has 1 fully saturated rings. The number of aliphatic imine (C=N–C) groups is 1. The fraction of sp³-hybridized carbons (Fsp3) is 0.625. The molecule has 1 aliphatic rings. The molecule has 3 rings (SSSR count). The largest absolute Gasteiger partial charge is 0.435 e. The number of anilines is 1. The van der Waals surface area contributed by atoms with Crippen LogP contribution in [0.1, 0.15) is 24.0 Å². The third-order valence-corrected chi connectivity index (χ3v) is 5.26. The molecule has 0 atom stereocenters. The molecule has 0 bridgehead atoms. The zero-order valence-corrected chi connectivity index (χ0v) is 19.5. The van der Waals surface area contributed by atoms with Crippen LogP contribution in [0.2, 0.25) is 0 Å². The number of piperazine rings is 1. The van der Waals surface area contributed by atoms with Gasteiger partial charge in [0.05, 0.1) is 0 Å². The van der Waals surface area contributed by atoms with Crippen molar-refractivity contribution < 1.29 is 13.2 Å². The lowest BCUT2D eigenvalue weighted by Gasteiger charge is -2.36. The second-order valence-electron chi connectivity index (χ2n) is 6.40. The van der Waals surface area contributed by atoms with Gasteiger partial charge in [-0.3, -0.25) is 9.67 Å². The number of aryl methyl sites for hydroxylation is 2. The topological polar surface area (TPSA) is 74.5 Å². The second kappa shape index (κ2) is 9.91. The number of hydrogen-bond donors (Lipinski definition) is 1. The Bertz CT molecular complexity index is 826. The fourth-order valence-corrected chi connectivity index (χ4v) is 3.84. The highest BCUT2D eigenvalue weighted by Gasteiger charge is 2.37. The molecular weight excluding hydrogens is 520 g/mol. The Labute approximate surface area is 188 Å². The van der Waals surface area contributed by atoms with Crippen molar-refractivity contribution in [3.63, 3.8) is 0 Å².